The molecule has 22 heavy (non-hydrogen) atoms. The third-order valence-electron chi connectivity index (χ3n) is 2.74. The molecule has 2 aromatic carbocycles. The SMILES string of the molecule is O=S(=O)(Cc1ccccc1)Nc1ccc(Cl)c(C(F)(F)F)c1. The van der Waals surface area contributed by atoms with E-state index in [9.17, 15) is 21.6 Å². The van der Waals surface area contributed by atoms with Crippen LogP contribution < -0.4 is 4.72 Å². The van der Waals surface area contributed by atoms with E-state index in [-0.39, 0.29) is 11.4 Å². The molecule has 0 aromatic heterocycles. The third-order valence-corrected chi connectivity index (χ3v) is 4.33. The average molecular weight is 350 g/mol. The molecule has 0 unspecified atom stereocenters. The Hall–Kier alpha value is -1.73. The van der Waals surface area contributed by atoms with Crippen LogP contribution in [0.4, 0.5) is 18.9 Å². The standard InChI is InChI=1S/C14H11ClF3NO2S/c15-13-7-6-11(8-12(13)14(16,17)18)19-22(20,21)9-10-4-2-1-3-5-10/h1-8,19H,9H2. The van der Waals surface area contributed by atoms with Crippen LogP contribution >= 0.6 is 11.6 Å². The summed E-state index contributed by atoms with van der Waals surface area (Å²) in [4.78, 5) is 0. The number of anilines is 1. The number of halogens is 4. The second kappa shape index (κ2) is 6.18. The van der Waals surface area contributed by atoms with Gasteiger partial charge in [-0.15, -0.1) is 0 Å². The normalized spacial score (nSPS) is 12.2. The quantitative estimate of drug-likeness (QED) is 0.894. The molecule has 0 bridgehead atoms. The molecule has 0 radical (unpaired) electrons. The molecule has 8 heteroatoms. The summed E-state index contributed by atoms with van der Waals surface area (Å²) in [6.45, 7) is 0. The van der Waals surface area contributed by atoms with E-state index in [0.717, 1.165) is 6.07 Å². The van der Waals surface area contributed by atoms with Crippen molar-refractivity contribution in [3.8, 4) is 0 Å². The topological polar surface area (TPSA) is 46.2 Å². The molecule has 0 aliphatic rings. The molecule has 2 rings (SSSR count). The fraction of sp³-hybridized carbons (Fsp3) is 0.143. The van der Waals surface area contributed by atoms with Crippen molar-refractivity contribution in [2.45, 2.75) is 11.9 Å². The van der Waals surface area contributed by atoms with Gasteiger partial charge in [0.05, 0.1) is 16.3 Å². The second-order valence-electron chi connectivity index (χ2n) is 4.54. The van der Waals surface area contributed by atoms with Crippen LogP contribution in [0.25, 0.3) is 0 Å². The first-order chi connectivity index (χ1) is 10.2. The van der Waals surface area contributed by atoms with Crippen molar-refractivity contribution in [1.82, 2.24) is 0 Å². The Kier molecular flexibility index (Phi) is 4.67. The van der Waals surface area contributed by atoms with Crippen molar-refractivity contribution in [2.75, 3.05) is 4.72 Å². The molecule has 2 aromatic rings. The molecule has 3 nitrogen and oxygen atoms in total. The van der Waals surface area contributed by atoms with Crippen LogP contribution in [-0.4, -0.2) is 8.42 Å². The third kappa shape index (κ3) is 4.38. The van der Waals surface area contributed by atoms with E-state index in [1.807, 2.05) is 0 Å². The molecular weight excluding hydrogens is 339 g/mol. The maximum atomic E-state index is 12.7. The van der Waals surface area contributed by atoms with Gasteiger partial charge in [0.2, 0.25) is 10.0 Å². The average Bonchev–Trinajstić information content (AvgIpc) is 2.40. The molecule has 118 valence electrons. The first-order valence-corrected chi connectivity index (χ1v) is 8.11. The predicted molar refractivity (Wildman–Crippen MR) is 79.1 cm³/mol. The van der Waals surface area contributed by atoms with Gasteiger partial charge in [-0.3, -0.25) is 4.72 Å². The summed E-state index contributed by atoms with van der Waals surface area (Å²) in [7, 11) is -3.82. The van der Waals surface area contributed by atoms with Gasteiger partial charge >= 0.3 is 6.18 Å². The van der Waals surface area contributed by atoms with Gasteiger partial charge in [-0.25, -0.2) is 8.42 Å². The molecule has 0 amide bonds. The maximum Gasteiger partial charge on any atom is 0.417 e. The number of sulfonamides is 1. The number of alkyl halides is 3. The zero-order valence-electron chi connectivity index (χ0n) is 11.1. The molecule has 1 N–H and O–H groups in total. The van der Waals surface area contributed by atoms with Gasteiger partial charge in [0.1, 0.15) is 0 Å². The van der Waals surface area contributed by atoms with Crippen LogP contribution in [-0.2, 0) is 22.0 Å². The van der Waals surface area contributed by atoms with E-state index in [4.69, 9.17) is 11.6 Å². The Labute approximate surface area is 130 Å². The number of hydrogen-bond acceptors (Lipinski definition) is 2. The molecule has 0 saturated carbocycles. The minimum absolute atomic E-state index is 0.187. The summed E-state index contributed by atoms with van der Waals surface area (Å²) >= 11 is 5.48. The Balaban J connectivity index is 2.23. The molecule has 0 atom stereocenters. The van der Waals surface area contributed by atoms with Crippen LogP contribution in [0.15, 0.2) is 48.5 Å². The monoisotopic (exact) mass is 349 g/mol. The van der Waals surface area contributed by atoms with Crippen LogP contribution in [0.3, 0.4) is 0 Å². The molecule has 0 saturated heterocycles. The van der Waals surface area contributed by atoms with Crippen LogP contribution in [0, 0.1) is 0 Å². The van der Waals surface area contributed by atoms with Crippen LogP contribution in [0.5, 0.6) is 0 Å². The number of hydrogen-bond donors (Lipinski definition) is 1. The summed E-state index contributed by atoms with van der Waals surface area (Å²) in [6.07, 6.45) is -4.65. The van der Waals surface area contributed by atoms with Gasteiger partial charge in [0.15, 0.2) is 0 Å². The summed E-state index contributed by atoms with van der Waals surface area (Å²) < 4.78 is 64.3. The summed E-state index contributed by atoms with van der Waals surface area (Å²) in [5, 5.41) is -0.487. The van der Waals surface area contributed by atoms with Crippen molar-refractivity contribution in [1.29, 1.82) is 0 Å². The van der Waals surface area contributed by atoms with E-state index in [1.54, 1.807) is 30.3 Å². The van der Waals surface area contributed by atoms with Gasteiger partial charge in [-0.05, 0) is 23.8 Å². The van der Waals surface area contributed by atoms with E-state index in [0.29, 0.717) is 11.6 Å². The lowest BCUT2D eigenvalue weighted by Gasteiger charge is -2.12. The number of benzene rings is 2. The van der Waals surface area contributed by atoms with Crippen molar-refractivity contribution in [3.63, 3.8) is 0 Å². The minimum Gasteiger partial charge on any atom is -0.283 e. The second-order valence-corrected chi connectivity index (χ2v) is 6.67. The molecule has 0 fully saturated rings. The highest BCUT2D eigenvalue weighted by Gasteiger charge is 2.33. The van der Waals surface area contributed by atoms with E-state index >= 15 is 0 Å². The zero-order chi connectivity index (χ0) is 16.4. The molecule has 0 aliphatic heterocycles. The van der Waals surface area contributed by atoms with Crippen molar-refractivity contribution in [3.05, 3.63) is 64.7 Å². The lowest BCUT2D eigenvalue weighted by molar-refractivity contribution is -0.137. The largest absolute Gasteiger partial charge is 0.417 e. The highest BCUT2D eigenvalue weighted by atomic mass is 35.5. The lowest BCUT2D eigenvalue weighted by atomic mass is 10.2. The Bertz CT molecular complexity index is 761. The van der Waals surface area contributed by atoms with Crippen LogP contribution in [0.2, 0.25) is 5.02 Å². The Morgan fingerprint density at radius 1 is 1.05 bits per heavy atom. The maximum absolute atomic E-state index is 12.7. The van der Waals surface area contributed by atoms with Gasteiger partial charge in [0, 0.05) is 5.69 Å². The fourth-order valence-corrected chi connectivity index (χ4v) is 3.23. The van der Waals surface area contributed by atoms with E-state index < -0.39 is 26.8 Å². The summed E-state index contributed by atoms with van der Waals surface area (Å²) in [5.74, 6) is -0.335. The van der Waals surface area contributed by atoms with Crippen molar-refractivity contribution < 1.29 is 21.6 Å². The molecule has 0 spiro atoms. The fourth-order valence-electron chi connectivity index (χ4n) is 1.82. The highest BCUT2D eigenvalue weighted by Crippen LogP contribution is 2.36. The van der Waals surface area contributed by atoms with E-state index in [1.165, 1.54) is 6.07 Å². The van der Waals surface area contributed by atoms with Gasteiger partial charge in [-0.1, -0.05) is 41.9 Å². The smallest absolute Gasteiger partial charge is 0.283 e. The molecular formula is C14H11ClF3NO2S. The molecule has 0 aliphatic carbocycles. The summed E-state index contributed by atoms with van der Waals surface area (Å²) in [6, 6.07) is 11.2. The summed E-state index contributed by atoms with van der Waals surface area (Å²) in [5.41, 5.74) is -0.748. The van der Waals surface area contributed by atoms with Gasteiger partial charge in [0.25, 0.3) is 0 Å². The number of nitrogens with one attached hydrogen (secondary N) is 1. The molecule has 0 heterocycles. The van der Waals surface area contributed by atoms with Gasteiger partial charge in [-0.2, -0.15) is 13.2 Å². The van der Waals surface area contributed by atoms with Crippen LogP contribution in [0.1, 0.15) is 11.1 Å². The van der Waals surface area contributed by atoms with Crippen molar-refractivity contribution >= 4 is 27.3 Å². The van der Waals surface area contributed by atoms with Gasteiger partial charge < -0.3 is 0 Å². The number of rotatable bonds is 4. The highest BCUT2D eigenvalue weighted by molar-refractivity contribution is 7.91. The van der Waals surface area contributed by atoms with Crippen molar-refractivity contribution in [2.24, 2.45) is 0 Å². The predicted octanol–water partition coefficient (Wildman–Crippen LogP) is 4.30. The first-order valence-electron chi connectivity index (χ1n) is 6.08. The Morgan fingerprint density at radius 2 is 1.68 bits per heavy atom. The first kappa shape index (κ1) is 16.6. The zero-order valence-corrected chi connectivity index (χ0v) is 12.6. The lowest BCUT2D eigenvalue weighted by Crippen LogP contribution is -2.16. The van der Waals surface area contributed by atoms with E-state index in [2.05, 4.69) is 4.72 Å². The minimum atomic E-state index is -4.65. The Morgan fingerprint density at radius 3 is 2.27 bits per heavy atom.